The Morgan fingerprint density at radius 1 is 1.40 bits per heavy atom. The van der Waals surface area contributed by atoms with Crippen molar-refractivity contribution >= 4 is 11.6 Å². The molecule has 0 aliphatic heterocycles. The van der Waals surface area contributed by atoms with Crippen molar-refractivity contribution in [2.24, 2.45) is 5.92 Å². The molecular weight excluding hydrogens is 208 g/mol. The minimum atomic E-state index is 0.371. The molecule has 2 atom stereocenters. The maximum absolute atomic E-state index is 6.27. The van der Waals surface area contributed by atoms with E-state index in [0.29, 0.717) is 11.3 Å². The molecule has 2 rings (SSSR count). The van der Waals surface area contributed by atoms with E-state index in [2.05, 4.69) is 12.1 Å². The molecule has 0 amide bonds. The summed E-state index contributed by atoms with van der Waals surface area (Å²) in [5.74, 6) is 1.59. The monoisotopic (exact) mass is 224 g/mol. The van der Waals surface area contributed by atoms with Crippen LogP contribution in [0.25, 0.3) is 0 Å². The molecule has 0 heterocycles. The average molecular weight is 225 g/mol. The van der Waals surface area contributed by atoms with Crippen LogP contribution in [-0.4, -0.2) is 12.5 Å². The topological polar surface area (TPSA) is 9.23 Å². The van der Waals surface area contributed by atoms with Crippen LogP contribution in [0.2, 0.25) is 0 Å². The van der Waals surface area contributed by atoms with E-state index < -0.39 is 0 Å². The predicted molar refractivity (Wildman–Crippen MR) is 63.7 cm³/mol. The molecule has 1 nitrogen and oxygen atoms in total. The first-order valence-electron chi connectivity index (χ1n) is 5.56. The lowest BCUT2D eigenvalue weighted by Gasteiger charge is -2.13. The normalized spacial score (nSPS) is 25.5. The molecule has 2 unspecified atom stereocenters. The smallest absolute Gasteiger partial charge is 0.119 e. The lowest BCUT2D eigenvalue weighted by Crippen LogP contribution is -2.10. The molecule has 0 saturated heterocycles. The van der Waals surface area contributed by atoms with Gasteiger partial charge in [-0.15, -0.1) is 11.6 Å². The third-order valence-electron chi connectivity index (χ3n) is 3.20. The second-order valence-electron chi connectivity index (χ2n) is 4.26. The number of hydrogen-bond donors (Lipinski definition) is 0. The van der Waals surface area contributed by atoms with Crippen molar-refractivity contribution in [2.45, 2.75) is 31.1 Å². The third-order valence-corrected chi connectivity index (χ3v) is 3.77. The van der Waals surface area contributed by atoms with Crippen LogP contribution >= 0.6 is 11.6 Å². The third kappa shape index (κ3) is 2.66. The van der Waals surface area contributed by atoms with Crippen molar-refractivity contribution in [3.8, 4) is 5.75 Å². The summed E-state index contributed by atoms with van der Waals surface area (Å²) in [4.78, 5) is 0. The van der Waals surface area contributed by atoms with E-state index >= 15 is 0 Å². The Morgan fingerprint density at radius 2 is 2.27 bits per heavy atom. The molecular formula is C13H17ClO. The first-order chi connectivity index (χ1) is 7.29. The molecule has 1 aliphatic carbocycles. The van der Waals surface area contributed by atoms with Crippen LogP contribution in [0, 0.1) is 5.92 Å². The summed E-state index contributed by atoms with van der Waals surface area (Å²) >= 11 is 6.27. The van der Waals surface area contributed by atoms with Crippen LogP contribution in [0.5, 0.6) is 5.75 Å². The number of halogens is 1. The summed E-state index contributed by atoms with van der Waals surface area (Å²) in [5.41, 5.74) is 1.34. The first kappa shape index (κ1) is 10.8. The highest BCUT2D eigenvalue weighted by molar-refractivity contribution is 6.20. The molecule has 0 spiro atoms. The molecule has 1 saturated carbocycles. The Kier molecular flexibility index (Phi) is 3.53. The fourth-order valence-corrected chi connectivity index (χ4v) is 2.69. The van der Waals surface area contributed by atoms with Gasteiger partial charge in [-0.25, -0.2) is 0 Å². The number of hydrogen-bond acceptors (Lipinski definition) is 1. The summed E-state index contributed by atoms with van der Waals surface area (Å²) in [7, 11) is 1.71. The molecule has 82 valence electrons. The molecule has 1 aromatic rings. The Balaban J connectivity index is 2.03. The van der Waals surface area contributed by atoms with Crippen molar-refractivity contribution in [3.05, 3.63) is 29.8 Å². The van der Waals surface area contributed by atoms with Gasteiger partial charge < -0.3 is 4.74 Å². The van der Waals surface area contributed by atoms with Gasteiger partial charge in [0.25, 0.3) is 0 Å². The zero-order valence-electron chi connectivity index (χ0n) is 9.08. The van der Waals surface area contributed by atoms with Gasteiger partial charge in [-0.2, -0.15) is 0 Å². The van der Waals surface area contributed by atoms with E-state index in [1.54, 1.807) is 7.11 Å². The minimum absolute atomic E-state index is 0.371. The largest absolute Gasteiger partial charge is 0.497 e. The van der Waals surface area contributed by atoms with Crippen LogP contribution < -0.4 is 4.74 Å². The van der Waals surface area contributed by atoms with Crippen molar-refractivity contribution in [1.29, 1.82) is 0 Å². The number of benzene rings is 1. The van der Waals surface area contributed by atoms with Crippen LogP contribution in [0.1, 0.15) is 24.8 Å². The Labute approximate surface area is 96.4 Å². The Bertz CT molecular complexity index is 324. The van der Waals surface area contributed by atoms with E-state index in [4.69, 9.17) is 16.3 Å². The van der Waals surface area contributed by atoms with E-state index in [1.165, 1.54) is 24.8 Å². The molecule has 15 heavy (non-hydrogen) atoms. The Morgan fingerprint density at radius 3 is 2.93 bits per heavy atom. The van der Waals surface area contributed by atoms with E-state index in [-0.39, 0.29) is 0 Å². The molecule has 0 radical (unpaired) electrons. The van der Waals surface area contributed by atoms with Gasteiger partial charge in [0.2, 0.25) is 0 Å². The second-order valence-corrected chi connectivity index (χ2v) is 4.82. The van der Waals surface area contributed by atoms with Crippen LogP contribution in [0.15, 0.2) is 24.3 Å². The minimum Gasteiger partial charge on any atom is -0.497 e. The molecule has 0 bridgehead atoms. The highest BCUT2D eigenvalue weighted by Crippen LogP contribution is 2.33. The Hall–Kier alpha value is -0.690. The van der Waals surface area contributed by atoms with E-state index in [1.807, 2.05) is 12.1 Å². The number of methoxy groups -OCH3 is 1. The van der Waals surface area contributed by atoms with Crippen molar-refractivity contribution < 1.29 is 4.74 Å². The maximum Gasteiger partial charge on any atom is 0.119 e. The molecule has 1 aromatic carbocycles. The summed E-state index contributed by atoms with van der Waals surface area (Å²) in [5, 5.41) is 0.371. The predicted octanol–water partition coefficient (Wildman–Crippen LogP) is 3.65. The highest BCUT2D eigenvalue weighted by atomic mass is 35.5. The second kappa shape index (κ2) is 4.89. The molecule has 1 fully saturated rings. The van der Waals surface area contributed by atoms with Gasteiger partial charge in [-0.3, -0.25) is 0 Å². The summed E-state index contributed by atoms with van der Waals surface area (Å²) in [6.07, 6.45) is 4.82. The van der Waals surface area contributed by atoms with E-state index in [0.717, 1.165) is 12.2 Å². The molecule has 2 heteroatoms. The number of rotatable bonds is 3. The van der Waals surface area contributed by atoms with Crippen LogP contribution in [-0.2, 0) is 6.42 Å². The van der Waals surface area contributed by atoms with Gasteiger partial charge in [-0.1, -0.05) is 18.6 Å². The zero-order chi connectivity index (χ0) is 10.7. The summed E-state index contributed by atoms with van der Waals surface area (Å²) in [6, 6.07) is 8.30. The van der Waals surface area contributed by atoms with Crippen molar-refractivity contribution in [2.75, 3.05) is 7.11 Å². The zero-order valence-corrected chi connectivity index (χ0v) is 9.83. The summed E-state index contributed by atoms with van der Waals surface area (Å²) < 4.78 is 5.21. The van der Waals surface area contributed by atoms with Gasteiger partial charge in [0, 0.05) is 5.38 Å². The lowest BCUT2D eigenvalue weighted by atomic mass is 9.98. The average Bonchev–Trinajstić information content (AvgIpc) is 2.65. The fraction of sp³-hybridized carbons (Fsp3) is 0.538. The summed E-state index contributed by atoms with van der Waals surface area (Å²) in [6.45, 7) is 0. The molecule has 1 aliphatic rings. The quantitative estimate of drug-likeness (QED) is 0.713. The number of ether oxygens (including phenoxy) is 1. The van der Waals surface area contributed by atoms with Crippen molar-refractivity contribution in [3.63, 3.8) is 0 Å². The maximum atomic E-state index is 6.27. The molecule has 0 N–H and O–H groups in total. The standard InChI is InChI=1S/C13H17ClO/c1-15-12-6-2-4-10(9-12)8-11-5-3-7-13(11)14/h2,4,6,9,11,13H,3,5,7-8H2,1H3. The van der Waals surface area contributed by atoms with Crippen molar-refractivity contribution in [1.82, 2.24) is 0 Å². The lowest BCUT2D eigenvalue weighted by molar-refractivity contribution is 0.413. The van der Waals surface area contributed by atoms with Gasteiger partial charge in [0.05, 0.1) is 7.11 Å². The van der Waals surface area contributed by atoms with Gasteiger partial charge in [0.15, 0.2) is 0 Å². The highest BCUT2D eigenvalue weighted by Gasteiger charge is 2.25. The van der Waals surface area contributed by atoms with Gasteiger partial charge >= 0.3 is 0 Å². The number of alkyl halides is 1. The van der Waals surface area contributed by atoms with Crippen LogP contribution in [0.3, 0.4) is 0 Å². The fourth-order valence-electron chi connectivity index (χ4n) is 2.32. The van der Waals surface area contributed by atoms with Crippen LogP contribution in [0.4, 0.5) is 0 Å². The molecule has 0 aromatic heterocycles. The SMILES string of the molecule is COc1cccc(CC2CCCC2Cl)c1. The van der Waals surface area contributed by atoms with Gasteiger partial charge in [-0.05, 0) is 42.9 Å². The van der Waals surface area contributed by atoms with Gasteiger partial charge in [0.1, 0.15) is 5.75 Å². The first-order valence-corrected chi connectivity index (χ1v) is 6.00. The van der Waals surface area contributed by atoms with E-state index in [9.17, 15) is 0 Å².